The van der Waals surface area contributed by atoms with Gasteiger partial charge in [-0.15, -0.1) is 0 Å². The molecule has 0 spiro atoms. The molecular weight excluding hydrogens is 262 g/mol. The molecule has 0 heterocycles. The van der Waals surface area contributed by atoms with Crippen LogP contribution >= 0.6 is 0 Å². The molecule has 2 rings (SSSR count). The minimum atomic E-state index is 0.131. The van der Waals surface area contributed by atoms with Gasteiger partial charge in [0, 0.05) is 13.1 Å². The Morgan fingerprint density at radius 1 is 0.952 bits per heavy atom. The first kappa shape index (κ1) is 15.4. The zero-order valence-corrected chi connectivity index (χ0v) is 12.9. The van der Waals surface area contributed by atoms with Crippen LogP contribution in [0.15, 0.2) is 48.5 Å². The number of benzene rings is 2. The van der Waals surface area contributed by atoms with Gasteiger partial charge in [0.15, 0.2) is 0 Å². The smallest absolute Gasteiger partial charge is 0.119 e. The van der Waals surface area contributed by atoms with Crippen molar-refractivity contribution in [3.8, 4) is 11.5 Å². The summed E-state index contributed by atoms with van der Waals surface area (Å²) in [5.74, 6) is 1.80. The Hall–Kier alpha value is -2.00. The first-order valence-corrected chi connectivity index (χ1v) is 7.24. The molecule has 0 saturated heterocycles. The van der Waals surface area contributed by atoms with Crippen LogP contribution in [0.3, 0.4) is 0 Å². The van der Waals surface area contributed by atoms with Gasteiger partial charge in [0.05, 0.1) is 7.11 Å². The van der Waals surface area contributed by atoms with Crippen LogP contribution in [-0.4, -0.2) is 19.8 Å². The molecule has 0 radical (unpaired) electrons. The third kappa shape index (κ3) is 5.12. The Morgan fingerprint density at radius 3 is 2.19 bits per heavy atom. The van der Waals surface area contributed by atoms with Gasteiger partial charge in [0.2, 0.25) is 0 Å². The molecule has 0 aliphatic carbocycles. The molecule has 3 heteroatoms. The Labute approximate surface area is 126 Å². The summed E-state index contributed by atoms with van der Waals surface area (Å²) in [6.45, 7) is 5.77. The number of ether oxygens (including phenoxy) is 2. The number of hydrogen-bond acceptors (Lipinski definition) is 3. The third-order valence-corrected chi connectivity index (χ3v) is 3.28. The van der Waals surface area contributed by atoms with Crippen molar-refractivity contribution in [2.24, 2.45) is 0 Å². The Bertz CT molecular complexity index is 534. The van der Waals surface area contributed by atoms with Crippen molar-refractivity contribution >= 4 is 0 Å². The van der Waals surface area contributed by atoms with Crippen molar-refractivity contribution in [3.05, 3.63) is 59.7 Å². The monoisotopic (exact) mass is 285 g/mol. The van der Waals surface area contributed by atoms with Crippen molar-refractivity contribution in [3.63, 3.8) is 0 Å². The summed E-state index contributed by atoms with van der Waals surface area (Å²) in [6, 6.07) is 16.2. The summed E-state index contributed by atoms with van der Waals surface area (Å²) in [4.78, 5) is 0. The van der Waals surface area contributed by atoms with Crippen molar-refractivity contribution in [2.75, 3.05) is 13.7 Å². The van der Waals surface area contributed by atoms with E-state index in [0.29, 0.717) is 0 Å². The standard InChI is InChI=1S/C18H23NO2/c1-14-4-8-18(9-5-14)21-15(2)12-19-13-16-6-10-17(20-3)11-7-16/h4-11,15,19H,12-13H2,1-3H3. The molecular formula is C18H23NO2. The van der Waals surface area contributed by atoms with Gasteiger partial charge in [-0.3, -0.25) is 0 Å². The van der Waals surface area contributed by atoms with Crippen LogP contribution in [0.25, 0.3) is 0 Å². The second kappa shape index (κ2) is 7.70. The highest BCUT2D eigenvalue weighted by molar-refractivity contribution is 5.27. The van der Waals surface area contributed by atoms with Crippen molar-refractivity contribution in [1.82, 2.24) is 5.32 Å². The lowest BCUT2D eigenvalue weighted by molar-refractivity contribution is 0.217. The van der Waals surface area contributed by atoms with E-state index in [1.54, 1.807) is 7.11 Å². The highest BCUT2D eigenvalue weighted by Gasteiger charge is 2.03. The first-order valence-electron chi connectivity index (χ1n) is 7.24. The number of nitrogens with one attached hydrogen (secondary N) is 1. The largest absolute Gasteiger partial charge is 0.497 e. The Balaban J connectivity index is 1.73. The summed E-state index contributed by atoms with van der Waals surface area (Å²) >= 11 is 0. The van der Waals surface area contributed by atoms with E-state index in [9.17, 15) is 0 Å². The fourth-order valence-electron chi connectivity index (χ4n) is 2.05. The quantitative estimate of drug-likeness (QED) is 0.843. The molecule has 0 aliphatic rings. The van der Waals surface area contributed by atoms with Gasteiger partial charge in [-0.25, -0.2) is 0 Å². The molecule has 3 nitrogen and oxygen atoms in total. The summed E-state index contributed by atoms with van der Waals surface area (Å²) in [6.07, 6.45) is 0.131. The van der Waals surface area contributed by atoms with Gasteiger partial charge in [-0.2, -0.15) is 0 Å². The molecule has 1 unspecified atom stereocenters. The van der Waals surface area contributed by atoms with Crippen LogP contribution in [0, 0.1) is 6.92 Å². The molecule has 0 aromatic heterocycles. The topological polar surface area (TPSA) is 30.5 Å². The number of aryl methyl sites for hydroxylation is 1. The predicted molar refractivity (Wildman–Crippen MR) is 86.0 cm³/mol. The van der Waals surface area contributed by atoms with Crippen molar-refractivity contribution in [2.45, 2.75) is 26.5 Å². The zero-order chi connectivity index (χ0) is 15.1. The summed E-state index contributed by atoms with van der Waals surface area (Å²) in [5, 5.41) is 3.40. The van der Waals surface area contributed by atoms with Gasteiger partial charge >= 0.3 is 0 Å². The second-order valence-electron chi connectivity index (χ2n) is 5.22. The molecule has 0 amide bonds. The summed E-state index contributed by atoms with van der Waals surface area (Å²) in [7, 11) is 1.68. The van der Waals surface area contributed by atoms with Crippen LogP contribution < -0.4 is 14.8 Å². The van der Waals surface area contributed by atoms with E-state index in [4.69, 9.17) is 9.47 Å². The van der Waals surface area contributed by atoms with Crippen LogP contribution in [0.2, 0.25) is 0 Å². The third-order valence-electron chi connectivity index (χ3n) is 3.28. The minimum Gasteiger partial charge on any atom is -0.497 e. The van der Waals surface area contributed by atoms with E-state index in [2.05, 4.69) is 43.4 Å². The van der Waals surface area contributed by atoms with Gasteiger partial charge in [-0.05, 0) is 43.7 Å². The Morgan fingerprint density at radius 2 is 1.57 bits per heavy atom. The van der Waals surface area contributed by atoms with Crippen LogP contribution in [-0.2, 0) is 6.54 Å². The molecule has 2 aromatic carbocycles. The molecule has 1 atom stereocenters. The zero-order valence-electron chi connectivity index (χ0n) is 12.9. The van der Waals surface area contributed by atoms with E-state index in [-0.39, 0.29) is 6.10 Å². The Kier molecular flexibility index (Phi) is 5.64. The maximum Gasteiger partial charge on any atom is 0.119 e. The van der Waals surface area contributed by atoms with E-state index in [1.807, 2.05) is 24.3 Å². The molecule has 0 aliphatic heterocycles. The first-order chi connectivity index (χ1) is 10.2. The molecule has 0 bridgehead atoms. The van der Waals surface area contributed by atoms with Crippen molar-refractivity contribution in [1.29, 1.82) is 0 Å². The molecule has 0 fully saturated rings. The maximum atomic E-state index is 5.86. The lowest BCUT2D eigenvalue weighted by Crippen LogP contribution is -2.28. The number of methoxy groups -OCH3 is 1. The molecule has 0 saturated carbocycles. The fourth-order valence-corrected chi connectivity index (χ4v) is 2.05. The number of hydrogen-bond donors (Lipinski definition) is 1. The van der Waals surface area contributed by atoms with E-state index >= 15 is 0 Å². The molecule has 1 N–H and O–H groups in total. The normalized spacial score (nSPS) is 12.0. The minimum absolute atomic E-state index is 0.131. The molecule has 2 aromatic rings. The lowest BCUT2D eigenvalue weighted by atomic mass is 10.2. The van der Waals surface area contributed by atoms with Crippen LogP contribution in [0.1, 0.15) is 18.1 Å². The van der Waals surface area contributed by atoms with Gasteiger partial charge in [-0.1, -0.05) is 29.8 Å². The second-order valence-corrected chi connectivity index (χ2v) is 5.22. The summed E-state index contributed by atoms with van der Waals surface area (Å²) in [5.41, 5.74) is 2.48. The number of rotatable bonds is 7. The molecule has 21 heavy (non-hydrogen) atoms. The highest BCUT2D eigenvalue weighted by Crippen LogP contribution is 2.13. The van der Waals surface area contributed by atoms with Crippen LogP contribution in [0.5, 0.6) is 11.5 Å². The van der Waals surface area contributed by atoms with Gasteiger partial charge in [0.25, 0.3) is 0 Å². The predicted octanol–water partition coefficient (Wildman–Crippen LogP) is 3.56. The maximum absolute atomic E-state index is 5.86. The fraction of sp³-hybridized carbons (Fsp3) is 0.333. The van der Waals surface area contributed by atoms with Crippen molar-refractivity contribution < 1.29 is 9.47 Å². The average molecular weight is 285 g/mol. The van der Waals surface area contributed by atoms with E-state index in [0.717, 1.165) is 24.6 Å². The lowest BCUT2D eigenvalue weighted by Gasteiger charge is -2.15. The average Bonchev–Trinajstić information content (AvgIpc) is 2.50. The van der Waals surface area contributed by atoms with Gasteiger partial charge < -0.3 is 14.8 Å². The van der Waals surface area contributed by atoms with E-state index in [1.165, 1.54) is 11.1 Å². The molecule has 112 valence electrons. The summed E-state index contributed by atoms with van der Waals surface area (Å²) < 4.78 is 11.0. The van der Waals surface area contributed by atoms with Gasteiger partial charge in [0.1, 0.15) is 17.6 Å². The van der Waals surface area contributed by atoms with Crippen LogP contribution in [0.4, 0.5) is 0 Å². The SMILES string of the molecule is COc1ccc(CNCC(C)Oc2ccc(C)cc2)cc1. The van der Waals surface area contributed by atoms with E-state index < -0.39 is 0 Å². The highest BCUT2D eigenvalue weighted by atomic mass is 16.5.